The van der Waals surface area contributed by atoms with Gasteiger partial charge in [-0.3, -0.25) is 19.7 Å². The second kappa shape index (κ2) is 11.5. The number of nitrogens with zero attached hydrogens (tertiary/aromatic N) is 4. The van der Waals surface area contributed by atoms with Crippen LogP contribution < -0.4 is 10.6 Å². The first-order valence-corrected chi connectivity index (χ1v) is 12.2. The summed E-state index contributed by atoms with van der Waals surface area (Å²) in [6, 6.07) is 8.38. The Morgan fingerprint density at radius 2 is 1.94 bits per heavy atom. The first-order valence-electron chi connectivity index (χ1n) is 10.5. The minimum atomic E-state index is -0.489. The van der Waals surface area contributed by atoms with Gasteiger partial charge in [0.1, 0.15) is 0 Å². The third kappa shape index (κ3) is 6.50. The van der Waals surface area contributed by atoms with E-state index in [2.05, 4.69) is 20.8 Å². The molecule has 13 heteroatoms. The lowest BCUT2D eigenvalue weighted by Crippen LogP contribution is -2.29. The number of benzene rings is 2. The molecule has 1 heterocycles. The van der Waals surface area contributed by atoms with E-state index >= 15 is 0 Å². The third-order valence-electron chi connectivity index (χ3n) is 5.00. The van der Waals surface area contributed by atoms with Gasteiger partial charge < -0.3 is 15.2 Å². The van der Waals surface area contributed by atoms with Gasteiger partial charge in [0.05, 0.1) is 27.3 Å². The summed E-state index contributed by atoms with van der Waals surface area (Å²) in [7, 11) is 0. The third-order valence-corrected chi connectivity index (χ3v) is 6.51. The van der Waals surface area contributed by atoms with Crippen molar-refractivity contribution < 1.29 is 14.5 Å². The van der Waals surface area contributed by atoms with E-state index < -0.39 is 11.0 Å². The molecule has 3 rings (SSSR count). The van der Waals surface area contributed by atoms with Gasteiger partial charge in [-0.2, -0.15) is 0 Å². The first-order chi connectivity index (χ1) is 16.6. The van der Waals surface area contributed by atoms with Gasteiger partial charge >= 0.3 is 0 Å². The number of rotatable bonds is 9. The lowest BCUT2D eigenvalue weighted by Gasteiger charge is -2.15. The number of hydrogen-bond donors (Lipinski definition) is 2. The van der Waals surface area contributed by atoms with Gasteiger partial charge in [0.15, 0.2) is 11.0 Å². The van der Waals surface area contributed by atoms with Gasteiger partial charge in [-0.15, -0.1) is 10.2 Å². The van der Waals surface area contributed by atoms with Crippen LogP contribution in [-0.4, -0.2) is 37.3 Å². The molecule has 0 aliphatic heterocycles. The number of nitro groups is 1. The Morgan fingerprint density at radius 3 is 2.57 bits per heavy atom. The van der Waals surface area contributed by atoms with Crippen molar-refractivity contribution >= 4 is 58.2 Å². The lowest BCUT2D eigenvalue weighted by atomic mass is 10.2. The summed E-state index contributed by atoms with van der Waals surface area (Å²) in [6.45, 7) is 5.89. The van der Waals surface area contributed by atoms with E-state index in [0.29, 0.717) is 39.4 Å². The van der Waals surface area contributed by atoms with Crippen molar-refractivity contribution in [2.45, 2.75) is 38.5 Å². The summed E-state index contributed by atoms with van der Waals surface area (Å²) < 4.78 is 1.81. The Hall–Kier alpha value is -3.15. The molecule has 35 heavy (non-hydrogen) atoms. The van der Waals surface area contributed by atoms with Crippen LogP contribution in [0.2, 0.25) is 10.0 Å². The number of aromatic nitrogens is 3. The number of anilines is 1. The number of hydrogen-bond acceptors (Lipinski definition) is 7. The Labute approximate surface area is 215 Å². The molecule has 184 valence electrons. The molecule has 2 amide bonds. The maximum absolute atomic E-state index is 12.6. The second-order valence-corrected chi connectivity index (χ2v) is 9.28. The molecular weight excluding hydrogens is 515 g/mol. The molecule has 0 aliphatic rings. The van der Waals surface area contributed by atoms with E-state index in [0.717, 1.165) is 0 Å². The minimum Gasteiger partial charge on any atom is -0.342 e. The highest BCUT2D eigenvalue weighted by atomic mass is 35.5. The Bertz CT molecular complexity index is 1280. The number of thioether (sulfide) groups is 1. The number of carbonyl (C=O) groups excluding carboxylic acids is 2. The van der Waals surface area contributed by atoms with Crippen molar-refractivity contribution in [1.82, 2.24) is 20.1 Å². The number of nitro benzene ring substituents is 1. The smallest absolute Gasteiger partial charge is 0.269 e. The predicted octanol–water partition coefficient (Wildman–Crippen LogP) is 5.04. The molecule has 1 atom stereocenters. The fourth-order valence-electron chi connectivity index (χ4n) is 3.25. The molecule has 0 radical (unpaired) electrons. The monoisotopic (exact) mass is 536 g/mol. The van der Waals surface area contributed by atoms with Gasteiger partial charge in [0, 0.05) is 29.4 Å². The number of carbonyl (C=O) groups is 2. The molecule has 3 aromatic rings. The highest BCUT2D eigenvalue weighted by Crippen LogP contribution is 2.25. The lowest BCUT2D eigenvalue weighted by molar-refractivity contribution is -0.384. The summed E-state index contributed by atoms with van der Waals surface area (Å²) in [5, 5.41) is 26.0. The molecule has 2 N–H and O–H groups in total. The number of halogens is 2. The van der Waals surface area contributed by atoms with Crippen molar-refractivity contribution in [1.29, 1.82) is 0 Å². The summed E-state index contributed by atoms with van der Waals surface area (Å²) in [5.41, 5.74) is 1.33. The average molecular weight is 537 g/mol. The van der Waals surface area contributed by atoms with Crippen molar-refractivity contribution in [2.75, 3.05) is 11.1 Å². The number of nitrogens with one attached hydrogen (secondary N) is 2. The molecule has 10 nitrogen and oxygen atoms in total. The molecule has 1 aromatic heterocycles. The zero-order valence-corrected chi connectivity index (χ0v) is 21.4. The van der Waals surface area contributed by atoms with Gasteiger partial charge in [-0.1, -0.05) is 35.0 Å². The van der Waals surface area contributed by atoms with Crippen LogP contribution in [0, 0.1) is 17.0 Å². The molecular formula is C22H22Cl2N6O4S. The highest BCUT2D eigenvalue weighted by molar-refractivity contribution is 7.99. The topological polar surface area (TPSA) is 132 Å². The van der Waals surface area contributed by atoms with Gasteiger partial charge in [-0.05, 0) is 50.6 Å². The largest absolute Gasteiger partial charge is 0.342 e. The standard InChI is InChI=1S/C22H22Cl2N6O4S/c1-4-29-20(13(3)25-21(32)16-7-5-14(23)10-17(16)24)27-28-22(29)35-11-19(31)26-18-8-6-15(30(33)34)9-12(18)2/h5-10,13H,4,11H2,1-3H3,(H,25,32)(H,26,31)/t13-/m1/s1. The average Bonchev–Trinajstić information content (AvgIpc) is 3.21. The quantitative estimate of drug-likeness (QED) is 0.222. The van der Waals surface area contributed by atoms with E-state index in [1.807, 2.05) is 11.5 Å². The molecule has 0 bridgehead atoms. The van der Waals surface area contributed by atoms with E-state index in [9.17, 15) is 19.7 Å². The number of aryl methyl sites for hydroxylation is 1. The normalized spacial score (nSPS) is 11.7. The minimum absolute atomic E-state index is 0.0435. The van der Waals surface area contributed by atoms with Crippen molar-refractivity contribution in [3.05, 3.63) is 73.5 Å². The van der Waals surface area contributed by atoms with Crippen LogP contribution in [0.5, 0.6) is 0 Å². The van der Waals surface area contributed by atoms with Crippen molar-refractivity contribution in [3.63, 3.8) is 0 Å². The van der Waals surface area contributed by atoms with E-state index in [4.69, 9.17) is 23.2 Å². The number of non-ortho nitro benzene ring substituents is 1. The maximum atomic E-state index is 12.6. The van der Waals surface area contributed by atoms with Crippen LogP contribution in [0.15, 0.2) is 41.6 Å². The fraction of sp³-hybridized carbons (Fsp3) is 0.273. The van der Waals surface area contributed by atoms with Gasteiger partial charge in [0.25, 0.3) is 11.6 Å². The van der Waals surface area contributed by atoms with E-state index in [-0.39, 0.29) is 28.3 Å². The number of amides is 2. The van der Waals surface area contributed by atoms with Gasteiger partial charge in [0.2, 0.25) is 5.91 Å². The molecule has 0 saturated heterocycles. The maximum Gasteiger partial charge on any atom is 0.269 e. The summed E-state index contributed by atoms with van der Waals surface area (Å²) in [4.78, 5) is 35.5. The van der Waals surface area contributed by atoms with Crippen LogP contribution in [0.3, 0.4) is 0 Å². The fourth-order valence-corrected chi connectivity index (χ4v) is 4.56. The zero-order chi connectivity index (χ0) is 25.7. The van der Waals surface area contributed by atoms with Crippen LogP contribution >= 0.6 is 35.0 Å². The molecule has 0 fully saturated rings. The summed E-state index contributed by atoms with van der Waals surface area (Å²) in [6.07, 6.45) is 0. The molecule has 2 aromatic carbocycles. The van der Waals surface area contributed by atoms with Crippen LogP contribution in [0.1, 0.15) is 41.6 Å². The first kappa shape index (κ1) is 26.5. The Kier molecular flexibility index (Phi) is 8.71. The molecule has 0 unspecified atom stereocenters. The van der Waals surface area contributed by atoms with Gasteiger partial charge in [-0.25, -0.2) is 0 Å². The van der Waals surface area contributed by atoms with E-state index in [1.165, 1.54) is 36.0 Å². The van der Waals surface area contributed by atoms with Crippen LogP contribution in [0.25, 0.3) is 0 Å². The Morgan fingerprint density at radius 1 is 1.20 bits per heavy atom. The Balaban J connectivity index is 1.64. The zero-order valence-electron chi connectivity index (χ0n) is 19.0. The molecule has 0 saturated carbocycles. The van der Waals surface area contributed by atoms with Crippen molar-refractivity contribution in [2.24, 2.45) is 0 Å². The molecule has 0 spiro atoms. The highest BCUT2D eigenvalue weighted by Gasteiger charge is 2.21. The second-order valence-electron chi connectivity index (χ2n) is 7.50. The van der Waals surface area contributed by atoms with Crippen LogP contribution in [0.4, 0.5) is 11.4 Å². The predicted molar refractivity (Wildman–Crippen MR) is 135 cm³/mol. The van der Waals surface area contributed by atoms with E-state index in [1.54, 1.807) is 26.0 Å². The SMILES string of the molecule is CCn1c(SCC(=O)Nc2ccc([N+](=O)[O-])cc2C)nnc1[C@@H](C)NC(=O)c1ccc(Cl)cc1Cl. The molecule has 0 aliphatic carbocycles. The van der Waals surface area contributed by atoms with Crippen LogP contribution in [-0.2, 0) is 11.3 Å². The van der Waals surface area contributed by atoms with Crippen molar-refractivity contribution in [3.8, 4) is 0 Å². The summed E-state index contributed by atoms with van der Waals surface area (Å²) in [5.74, 6) is -0.0924. The summed E-state index contributed by atoms with van der Waals surface area (Å²) >= 11 is 13.2.